The molecule has 1 amide bonds. The van der Waals surface area contributed by atoms with Gasteiger partial charge in [-0.25, -0.2) is 5.48 Å². The Morgan fingerprint density at radius 3 is 2.30 bits per heavy atom. The summed E-state index contributed by atoms with van der Waals surface area (Å²) in [6.07, 6.45) is 1.33. The molecule has 1 atom stereocenters. The molecular formula is C18H23N3O2. The van der Waals surface area contributed by atoms with Crippen LogP contribution in [0.15, 0.2) is 54.6 Å². The van der Waals surface area contributed by atoms with Gasteiger partial charge in [0.15, 0.2) is 0 Å². The third kappa shape index (κ3) is 5.83. The number of carbonyl (C=O) groups excluding carboxylic acids is 1. The molecule has 2 rings (SSSR count). The maximum atomic E-state index is 11.9. The second kappa shape index (κ2) is 9.05. The van der Waals surface area contributed by atoms with E-state index in [0.717, 1.165) is 23.1 Å². The van der Waals surface area contributed by atoms with Crippen LogP contribution in [-0.4, -0.2) is 11.9 Å². The predicted octanol–water partition coefficient (Wildman–Crippen LogP) is 1.65. The van der Waals surface area contributed by atoms with E-state index in [-0.39, 0.29) is 5.91 Å². The van der Waals surface area contributed by atoms with E-state index in [2.05, 4.69) is 5.48 Å². The number of aryl methyl sites for hydroxylation is 1. The van der Waals surface area contributed by atoms with Crippen molar-refractivity contribution < 1.29 is 9.63 Å². The molecule has 0 saturated carbocycles. The van der Waals surface area contributed by atoms with E-state index in [4.69, 9.17) is 16.3 Å². The van der Waals surface area contributed by atoms with E-state index in [0.29, 0.717) is 19.6 Å². The van der Waals surface area contributed by atoms with Gasteiger partial charge in [-0.15, -0.1) is 0 Å². The second-order valence-electron chi connectivity index (χ2n) is 5.41. The Kier molecular flexibility index (Phi) is 6.75. The quantitative estimate of drug-likeness (QED) is 0.646. The summed E-state index contributed by atoms with van der Waals surface area (Å²) in [7, 11) is 0. The van der Waals surface area contributed by atoms with Gasteiger partial charge >= 0.3 is 0 Å². The molecule has 0 fully saturated rings. The number of nitrogens with two attached hydrogens (primary N) is 2. The van der Waals surface area contributed by atoms with Crippen LogP contribution in [0.4, 0.5) is 0 Å². The number of carbonyl (C=O) groups is 1. The van der Waals surface area contributed by atoms with Crippen molar-refractivity contribution in [3.8, 4) is 0 Å². The monoisotopic (exact) mass is 313 g/mol. The molecule has 0 bridgehead atoms. The molecule has 0 aliphatic rings. The lowest BCUT2D eigenvalue weighted by molar-refractivity contribution is -0.136. The highest BCUT2D eigenvalue weighted by Crippen LogP contribution is 2.06. The molecule has 0 spiro atoms. The Balaban J connectivity index is 1.69. The standard InChI is InChI=1S/C18H23N3O2/c19-12-15-6-8-16(9-7-15)13-23-21-18(22)17(20)11-10-14-4-2-1-3-5-14/h1-9,17H,10-13,19-20H2,(H,21,22)/t17-/m1/s1. The van der Waals surface area contributed by atoms with Gasteiger partial charge in [0.1, 0.15) is 0 Å². The largest absolute Gasteiger partial charge is 0.326 e. The molecule has 23 heavy (non-hydrogen) atoms. The van der Waals surface area contributed by atoms with Crippen LogP contribution in [0.1, 0.15) is 23.1 Å². The van der Waals surface area contributed by atoms with E-state index < -0.39 is 6.04 Å². The van der Waals surface area contributed by atoms with Gasteiger partial charge in [-0.05, 0) is 29.5 Å². The van der Waals surface area contributed by atoms with Crippen LogP contribution in [0.5, 0.6) is 0 Å². The fourth-order valence-corrected chi connectivity index (χ4v) is 2.14. The first-order chi connectivity index (χ1) is 11.2. The minimum absolute atomic E-state index is 0.294. The van der Waals surface area contributed by atoms with Crippen LogP contribution >= 0.6 is 0 Å². The van der Waals surface area contributed by atoms with Crippen molar-refractivity contribution in [1.82, 2.24) is 5.48 Å². The predicted molar refractivity (Wildman–Crippen MR) is 90.0 cm³/mol. The summed E-state index contributed by atoms with van der Waals surface area (Å²) in [6.45, 7) is 0.802. The van der Waals surface area contributed by atoms with Crippen LogP contribution in [0.3, 0.4) is 0 Å². The normalized spacial score (nSPS) is 11.9. The summed E-state index contributed by atoms with van der Waals surface area (Å²) < 4.78 is 0. The fourth-order valence-electron chi connectivity index (χ4n) is 2.14. The minimum Gasteiger partial charge on any atom is -0.326 e. The molecule has 2 aromatic carbocycles. The Bertz CT molecular complexity index is 599. The number of benzene rings is 2. The van der Waals surface area contributed by atoms with Crippen LogP contribution in [0.2, 0.25) is 0 Å². The van der Waals surface area contributed by atoms with Gasteiger partial charge in [0.05, 0.1) is 12.6 Å². The van der Waals surface area contributed by atoms with Crippen molar-refractivity contribution in [3.63, 3.8) is 0 Å². The smallest absolute Gasteiger partial charge is 0.260 e. The molecule has 5 N–H and O–H groups in total. The first kappa shape index (κ1) is 17.1. The van der Waals surface area contributed by atoms with Crippen molar-refractivity contribution in [2.75, 3.05) is 0 Å². The Morgan fingerprint density at radius 1 is 1.00 bits per heavy atom. The Hall–Kier alpha value is -2.21. The average molecular weight is 313 g/mol. The van der Waals surface area contributed by atoms with Gasteiger partial charge in [0, 0.05) is 6.54 Å². The molecule has 5 nitrogen and oxygen atoms in total. The highest BCUT2D eigenvalue weighted by molar-refractivity contribution is 5.80. The van der Waals surface area contributed by atoms with Crippen LogP contribution in [0.25, 0.3) is 0 Å². The Labute approximate surface area is 136 Å². The first-order valence-corrected chi connectivity index (χ1v) is 7.68. The summed E-state index contributed by atoms with van der Waals surface area (Å²) in [6, 6.07) is 17.1. The third-order valence-electron chi connectivity index (χ3n) is 3.59. The summed E-state index contributed by atoms with van der Waals surface area (Å²) in [5.74, 6) is -0.306. The molecule has 0 aromatic heterocycles. The molecule has 122 valence electrons. The average Bonchev–Trinajstić information content (AvgIpc) is 2.61. The Morgan fingerprint density at radius 2 is 1.65 bits per heavy atom. The van der Waals surface area contributed by atoms with Crippen molar-refractivity contribution in [1.29, 1.82) is 0 Å². The third-order valence-corrected chi connectivity index (χ3v) is 3.59. The fraction of sp³-hybridized carbons (Fsp3) is 0.278. The molecule has 0 heterocycles. The molecular weight excluding hydrogens is 290 g/mol. The molecule has 0 radical (unpaired) electrons. The minimum atomic E-state index is -0.588. The maximum Gasteiger partial charge on any atom is 0.260 e. The van der Waals surface area contributed by atoms with Gasteiger partial charge in [-0.2, -0.15) is 0 Å². The SMILES string of the molecule is NCc1ccc(CONC(=O)[C@H](N)CCc2ccccc2)cc1. The van der Waals surface area contributed by atoms with Crippen molar-refractivity contribution >= 4 is 5.91 Å². The number of nitrogens with one attached hydrogen (secondary N) is 1. The lowest BCUT2D eigenvalue weighted by Crippen LogP contribution is -2.40. The van der Waals surface area contributed by atoms with Crippen molar-refractivity contribution in [3.05, 3.63) is 71.3 Å². The van der Waals surface area contributed by atoms with Crippen LogP contribution in [0, 0.1) is 0 Å². The van der Waals surface area contributed by atoms with Crippen LogP contribution < -0.4 is 16.9 Å². The molecule has 5 heteroatoms. The van der Waals surface area contributed by atoms with Crippen molar-refractivity contribution in [2.45, 2.75) is 32.0 Å². The first-order valence-electron chi connectivity index (χ1n) is 7.68. The summed E-state index contributed by atoms with van der Waals surface area (Å²) in [4.78, 5) is 17.1. The summed E-state index contributed by atoms with van der Waals surface area (Å²) in [5, 5.41) is 0. The highest BCUT2D eigenvalue weighted by Gasteiger charge is 2.13. The number of amides is 1. The molecule has 0 unspecified atom stereocenters. The zero-order chi connectivity index (χ0) is 16.5. The lowest BCUT2D eigenvalue weighted by Gasteiger charge is -2.12. The van der Waals surface area contributed by atoms with E-state index in [1.807, 2.05) is 54.6 Å². The highest BCUT2D eigenvalue weighted by atomic mass is 16.6. The molecule has 2 aromatic rings. The summed E-state index contributed by atoms with van der Waals surface area (Å²) in [5.41, 5.74) is 17.0. The van der Waals surface area contributed by atoms with Gasteiger partial charge in [0.25, 0.3) is 5.91 Å². The summed E-state index contributed by atoms with van der Waals surface area (Å²) >= 11 is 0. The van der Waals surface area contributed by atoms with Gasteiger partial charge < -0.3 is 11.5 Å². The van der Waals surface area contributed by atoms with Gasteiger partial charge in [-0.3, -0.25) is 9.63 Å². The molecule has 0 saturated heterocycles. The number of hydroxylamine groups is 1. The van der Waals surface area contributed by atoms with Crippen molar-refractivity contribution in [2.24, 2.45) is 11.5 Å². The number of hydrogen-bond acceptors (Lipinski definition) is 4. The molecule has 0 aliphatic heterocycles. The van der Waals surface area contributed by atoms with E-state index in [1.165, 1.54) is 0 Å². The topological polar surface area (TPSA) is 90.4 Å². The zero-order valence-electron chi connectivity index (χ0n) is 13.1. The van der Waals surface area contributed by atoms with Gasteiger partial charge in [0.2, 0.25) is 0 Å². The van der Waals surface area contributed by atoms with Gasteiger partial charge in [-0.1, -0.05) is 54.6 Å². The number of hydrogen-bond donors (Lipinski definition) is 3. The van der Waals surface area contributed by atoms with E-state index in [9.17, 15) is 4.79 Å². The van der Waals surface area contributed by atoms with E-state index >= 15 is 0 Å². The lowest BCUT2D eigenvalue weighted by atomic mass is 10.1. The van der Waals surface area contributed by atoms with E-state index in [1.54, 1.807) is 0 Å². The maximum absolute atomic E-state index is 11.9. The second-order valence-corrected chi connectivity index (χ2v) is 5.41. The zero-order valence-corrected chi connectivity index (χ0v) is 13.1. The molecule has 0 aliphatic carbocycles. The number of rotatable bonds is 8. The van der Waals surface area contributed by atoms with Crippen LogP contribution in [-0.2, 0) is 29.2 Å².